The lowest BCUT2D eigenvalue weighted by atomic mass is 10.4. The van der Waals surface area contributed by atoms with Crippen LogP contribution in [0.25, 0.3) is 0 Å². The predicted octanol–water partition coefficient (Wildman–Crippen LogP) is 2.39. The summed E-state index contributed by atoms with van der Waals surface area (Å²) in [5, 5.41) is 10.9. The van der Waals surface area contributed by atoms with Crippen LogP contribution in [-0.4, -0.2) is 20.0 Å². The lowest BCUT2D eigenvalue weighted by molar-refractivity contribution is -0.141. The van der Waals surface area contributed by atoms with E-state index in [1.807, 2.05) is 0 Å². The van der Waals surface area contributed by atoms with Crippen LogP contribution in [0, 0.1) is 0 Å². The highest BCUT2D eigenvalue weighted by molar-refractivity contribution is 6.29. The van der Waals surface area contributed by atoms with Crippen molar-refractivity contribution in [2.75, 3.05) is 0 Å². The van der Waals surface area contributed by atoms with Gasteiger partial charge in [0.05, 0.1) is 12.2 Å². The summed E-state index contributed by atoms with van der Waals surface area (Å²) in [7, 11) is 0. The quantitative estimate of drug-likeness (QED) is 0.835. The molecule has 0 bridgehead atoms. The third-order valence-electron chi connectivity index (χ3n) is 1.94. The first-order valence-corrected chi connectivity index (χ1v) is 4.92. The Morgan fingerprint density at radius 1 is 1.18 bits per heavy atom. The van der Waals surface area contributed by atoms with E-state index in [4.69, 9.17) is 11.6 Å². The minimum absolute atomic E-state index is 0.111. The largest absolute Gasteiger partial charge is 0.435 e. The van der Waals surface area contributed by atoms with Crippen LogP contribution in [0.1, 0.15) is 11.4 Å². The maximum Gasteiger partial charge on any atom is 0.435 e. The molecule has 90 valence electrons. The topological polar surface area (TPSA) is 43.6 Å². The van der Waals surface area contributed by atoms with Crippen LogP contribution in [0.2, 0.25) is 5.15 Å². The molecule has 0 spiro atoms. The zero-order valence-corrected chi connectivity index (χ0v) is 9.07. The summed E-state index contributed by atoms with van der Waals surface area (Å²) >= 11 is 5.53. The van der Waals surface area contributed by atoms with Crippen molar-refractivity contribution >= 4 is 11.6 Å². The zero-order valence-electron chi connectivity index (χ0n) is 8.32. The van der Waals surface area contributed by atoms with Gasteiger partial charge in [0.15, 0.2) is 10.8 Å². The molecule has 0 aliphatic heterocycles. The van der Waals surface area contributed by atoms with Crippen molar-refractivity contribution in [2.45, 2.75) is 12.7 Å². The molecule has 0 aliphatic carbocycles. The van der Waals surface area contributed by atoms with Crippen LogP contribution in [0.3, 0.4) is 0 Å². The van der Waals surface area contributed by atoms with Gasteiger partial charge in [-0.15, -0.1) is 5.10 Å². The van der Waals surface area contributed by atoms with Gasteiger partial charge in [0, 0.05) is 6.20 Å². The minimum Gasteiger partial charge on any atom is -0.266 e. The Bertz CT molecular complexity index is 506. The number of nitrogens with zero attached hydrogens (tertiary/aromatic N) is 4. The fourth-order valence-corrected chi connectivity index (χ4v) is 1.30. The molecule has 0 saturated heterocycles. The molecular formula is C9H6ClF3N4. The number of alkyl halides is 3. The molecule has 2 aromatic heterocycles. The molecule has 0 N–H and O–H groups in total. The van der Waals surface area contributed by atoms with Crippen LogP contribution >= 0.6 is 11.6 Å². The predicted molar refractivity (Wildman–Crippen MR) is 53.4 cm³/mol. The molecule has 2 rings (SSSR count). The summed E-state index contributed by atoms with van der Waals surface area (Å²) in [6.07, 6.45) is -3.20. The maximum absolute atomic E-state index is 12.3. The third-order valence-corrected chi connectivity index (χ3v) is 2.14. The molecule has 17 heavy (non-hydrogen) atoms. The van der Waals surface area contributed by atoms with Gasteiger partial charge in [0.1, 0.15) is 0 Å². The second-order valence-electron chi connectivity index (χ2n) is 3.24. The molecule has 0 aliphatic rings. The zero-order chi connectivity index (χ0) is 12.5. The van der Waals surface area contributed by atoms with Gasteiger partial charge >= 0.3 is 6.18 Å². The monoisotopic (exact) mass is 262 g/mol. The number of hydrogen-bond acceptors (Lipinski definition) is 3. The summed E-state index contributed by atoms with van der Waals surface area (Å²) in [4.78, 5) is 0. The lowest BCUT2D eigenvalue weighted by Crippen LogP contribution is -2.09. The summed E-state index contributed by atoms with van der Waals surface area (Å²) in [6.45, 7) is 0.111. The number of halogens is 4. The highest BCUT2D eigenvalue weighted by Gasteiger charge is 2.33. The number of hydrogen-bond donors (Lipinski definition) is 0. The second kappa shape index (κ2) is 4.33. The van der Waals surface area contributed by atoms with Gasteiger partial charge in [-0.05, 0) is 18.2 Å². The van der Waals surface area contributed by atoms with Crippen molar-refractivity contribution in [3.05, 3.63) is 40.9 Å². The highest BCUT2D eigenvalue weighted by Crippen LogP contribution is 2.27. The Balaban J connectivity index is 2.14. The van der Waals surface area contributed by atoms with Crippen molar-refractivity contribution in [3.8, 4) is 0 Å². The fraction of sp³-hybridized carbons (Fsp3) is 0.222. The standard InChI is InChI=1S/C9H6ClF3N4/c10-8-2-1-6(14-15-8)5-17-4-3-7(16-17)9(11,12)13/h1-4H,5H2. The van der Waals surface area contributed by atoms with E-state index in [1.165, 1.54) is 12.3 Å². The van der Waals surface area contributed by atoms with E-state index in [-0.39, 0.29) is 11.7 Å². The Morgan fingerprint density at radius 2 is 1.94 bits per heavy atom. The van der Waals surface area contributed by atoms with Gasteiger partial charge in [-0.2, -0.15) is 23.4 Å². The lowest BCUT2D eigenvalue weighted by Gasteiger charge is -2.02. The molecule has 0 atom stereocenters. The smallest absolute Gasteiger partial charge is 0.266 e. The average molecular weight is 263 g/mol. The normalized spacial score (nSPS) is 11.8. The summed E-state index contributed by atoms with van der Waals surface area (Å²) < 4.78 is 38.0. The molecule has 0 unspecified atom stereocenters. The fourth-order valence-electron chi connectivity index (χ4n) is 1.19. The van der Waals surface area contributed by atoms with Crippen molar-refractivity contribution in [2.24, 2.45) is 0 Å². The molecule has 8 heteroatoms. The summed E-state index contributed by atoms with van der Waals surface area (Å²) in [6, 6.07) is 3.99. The molecular weight excluding hydrogens is 257 g/mol. The van der Waals surface area contributed by atoms with Gasteiger partial charge < -0.3 is 0 Å². The SMILES string of the molecule is FC(F)(F)c1ccn(Cc2ccc(Cl)nn2)n1. The van der Waals surface area contributed by atoms with E-state index in [0.717, 1.165) is 10.7 Å². The van der Waals surface area contributed by atoms with Gasteiger partial charge in [0.2, 0.25) is 0 Å². The Labute approximate surface area is 99.0 Å². The van der Waals surface area contributed by atoms with Crippen molar-refractivity contribution in [3.63, 3.8) is 0 Å². The first-order chi connectivity index (χ1) is 7.95. The molecule has 4 nitrogen and oxygen atoms in total. The van der Waals surface area contributed by atoms with Crippen molar-refractivity contribution < 1.29 is 13.2 Å². The second-order valence-corrected chi connectivity index (χ2v) is 3.63. The van der Waals surface area contributed by atoms with Crippen LogP contribution in [0.4, 0.5) is 13.2 Å². The van der Waals surface area contributed by atoms with E-state index in [2.05, 4.69) is 15.3 Å². The van der Waals surface area contributed by atoms with E-state index < -0.39 is 11.9 Å². The van der Waals surface area contributed by atoms with Crippen LogP contribution in [-0.2, 0) is 12.7 Å². The van der Waals surface area contributed by atoms with Gasteiger partial charge in [-0.1, -0.05) is 11.6 Å². The van der Waals surface area contributed by atoms with Crippen LogP contribution < -0.4 is 0 Å². The molecule has 0 saturated carbocycles. The molecule has 2 aromatic rings. The summed E-state index contributed by atoms with van der Waals surface area (Å²) in [5.41, 5.74) is -0.453. The molecule has 2 heterocycles. The van der Waals surface area contributed by atoms with Crippen LogP contribution in [0.15, 0.2) is 24.4 Å². The average Bonchev–Trinajstić information content (AvgIpc) is 2.69. The first-order valence-electron chi connectivity index (χ1n) is 4.54. The maximum atomic E-state index is 12.3. The Morgan fingerprint density at radius 3 is 2.47 bits per heavy atom. The summed E-state index contributed by atoms with van der Waals surface area (Å²) in [5.74, 6) is 0. The van der Waals surface area contributed by atoms with Crippen molar-refractivity contribution in [1.82, 2.24) is 20.0 Å². The van der Waals surface area contributed by atoms with E-state index in [9.17, 15) is 13.2 Å². The molecule has 0 radical (unpaired) electrons. The van der Waals surface area contributed by atoms with Gasteiger partial charge in [-0.3, -0.25) is 4.68 Å². The van der Waals surface area contributed by atoms with Crippen LogP contribution in [0.5, 0.6) is 0 Å². The van der Waals surface area contributed by atoms with Crippen molar-refractivity contribution in [1.29, 1.82) is 0 Å². The van der Waals surface area contributed by atoms with Gasteiger partial charge in [0.25, 0.3) is 0 Å². The highest BCUT2D eigenvalue weighted by atomic mass is 35.5. The minimum atomic E-state index is -4.43. The number of rotatable bonds is 2. The molecule has 0 amide bonds. The van der Waals surface area contributed by atoms with E-state index in [1.54, 1.807) is 6.07 Å². The van der Waals surface area contributed by atoms with E-state index in [0.29, 0.717) is 5.69 Å². The Hall–Kier alpha value is -1.63. The van der Waals surface area contributed by atoms with E-state index >= 15 is 0 Å². The van der Waals surface area contributed by atoms with Gasteiger partial charge in [-0.25, -0.2) is 0 Å². The first kappa shape index (κ1) is 11.8. The Kier molecular flexibility index (Phi) is 3.01. The molecule has 0 aromatic carbocycles. The third kappa shape index (κ3) is 2.94. The molecule has 0 fully saturated rings. The number of aromatic nitrogens is 4.